The van der Waals surface area contributed by atoms with Gasteiger partial charge in [0.1, 0.15) is 11.9 Å². The zero-order chi connectivity index (χ0) is 21.7. The van der Waals surface area contributed by atoms with Crippen molar-refractivity contribution in [1.82, 2.24) is 10.3 Å². The summed E-state index contributed by atoms with van der Waals surface area (Å²) in [6, 6.07) is 11.0. The number of nitrogens with one attached hydrogen (secondary N) is 1. The van der Waals surface area contributed by atoms with Crippen LogP contribution in [0.25, 0.3) is 0 Å². The third-order valence-corrected chi connectivity index (χ3v) is 5.21. The van der Waals surface area contributed by atoms with E-state index in [0.717, 1.165) is 21.4 Å². The minimum atomic E-state index is -0.557. The Morgan fingerprint density at radius 3 is 2.77 bits per heavy atom. The summed E-state index contributed by atoms with van der Waals surface area (Å²) in [5, 5.41) is 13.0. The number of rotatable bonds is 6. The average molecular weight is 473 g/mol. The van der Waals surface area contributed by atoms with Crippen LogP contribution in [0.2, 0.25) is 0 Å². The molecule has 0 amide bonds. The zero-order valence-corrected chi connectivity index (χ0v) is 18.8. The summed E-state index contributed by atoms with van der Waals surface area (Å²) in [5.74, 6) is -0.0784. The van der Waals surface area contributed by atoms with Gasteiger partial charge in [-0.3, -0.25) is 14.8 Å². The largest absolute Gasteiger partial charge is 0.469 e. The molecule has 1 aliphatic heterocycles. The predicted octanol–water partition coefficient (Wildman–Crippen LogP) is 3.26. The highest BCUT2D eigenvalue weighted by Crippen LogP contribution is 2.30. The third-order valence-electron chi connectivity index (χ3n) is 4.72. The minimum Gasteiger partial charge on any atom is -0.469 e. The first-order valence-electron chi connectivity index (χ1n) is 9.76. The number of pyridine rings is 1. The van der Waals surface area contributed by atoms with Crippen LogP contribution in [0.3, 0.4) is 0 Å². The highest BCUT2D eigenvalue weighted by Gasteiger charge is 2.28. The Balaban J connectivity index is 2.12. The fourth-order valence-electron chi connectivity index (χ4n) is 3.20. The van der Waals surface area contributed by atoms with Gasteiger partial charge in [0.2, 0.25) is 0 Å². The van der Waals surface area contributed by atoms with Crippen LogP contribution in [0.1, 0.15) is 31.5 Å². The molecule has 2 N–H and O–H groups in total. The number of methoxy groups -OCH3 is 1. The van der Waals surface area contributed by atoms with Gasteiger partial charge in [-0.05, 0) is 43.7 Å². The molecule has 158 valence electrons. The highest BCUT2D eigenvalue weighted by atomic mass is 79.9. The Hall–Kier alpha value is -2.58. The predicted molar refractivity (Wildman–Crippen MR) is 120 cm³/mol. The van der Waals surface area contributed by atoms with Gasteiger partial charge < -0.3 is 15.2 Å². The van der Waals surface area contributed by atoms with E-state index in [2.05, 4.69) is 26.2 Å². The van der Waals surface area contributed by atoms with Gasteiger partial charge in [0, 0.05) is 22.8 Å². The number of aliphatic hydroxyl groups excluding tert-OH is 1. The van der Waals surface area contributed by atoms with E-state index in [1.807, 2.05) is 43.3 Å². The number of carbonyl (C=O) groups is 1. The maximum Gasteiger partial charge on any atom is 0.308 e. The molecule has 30 heavy (non-hydrogen) atoms. The second-order valence-corrected chi connectivity index (χ2v) is 8.17. The molecule has 1 aromatic heterocycles. The Morgan fingerprint density at radius 1 is 1.30 bits per heavy atom. The van der Waals surface area contributed by atoms with Crippen molar-refractivity contribution in [3.63, 3.8) is 0 Å². The van der Waals surface area contributed by atoms with Crippen LogP contribution in [-0.4, -0.2) is 53.4 Å². The summed E-state index contributed by atoms with van der Waals surface area (Å²) in [6.45, 7) is 3.83. The normalized spacial score (nSPS) is 17.7. The molecule has 0 spiro atoms. The van der Waals surface area contributed by atoms with Gasteiger partial charge in [0.25, 0.3) is 0 Å². The number of aliphatic imine (C=N–C) groups is 2. The lowest BCUT2D eigenvalue weighted by Crippen LogP contribution is -2.39. The van der Waals surface area contributed by atoms with Crippen molar-refractivity contribution in [2.75, 3.05) is 13.7 Å². The van der Waals surface area contributed by atoms with E-state index in [-0.39, 0.29) is 11.9 Å². The zero-order valence-electron chi connectivity index (χ0n) is 17.2. The number of nitrogens with zero attached hydrogens (tertiary/aromatic N) is 3. The fourth-order valence-corrected chi connectivity index (χ4v) is 3.56. The van der Waals surface area contributed by atoms with Crippen LogP contribution in [0.5, 0.6) is 0 Å². The van der Waals surface area contributed by atoms with E-state index < -0.39 is 12.1 Å². The van der Waals surface area contributed by atoms with Gasteiger partial charge in [-0.1, -0.05) is 28.9 Å². The molecule has 1 aliphatic rings. The van der Waals surface area contributed by atoms with Crippen LogP contribution >= 0.6 is 15.9 Å². The van der Waals surface area contributed by atoms with Crippen molar-refractivity contribution in [2.45, 2.75) is 32.4 Å². The van der Waals surface area contributed by atoms with E-state index in [4.69, 9.17) is 14.7 Å². The highest BCUT2D eigenvalue weighted by molar-refractivity contribution is 9.10. The van der Waals surface area contributed by atoms with Crippen molar-refractivity contribution in [3.8, 4) is 0 Å². The Bertz CT molecular complexity index is 960. The van der Waals surface area contributed by atoms with Crippen LogP contribution < -0.4 is 5.32 Å². The summed E-state index contributed by atoms with van der Waals surface area (Å²) < 4.78 is 5.80. The summed E-state index contributed by atoms with van der Waals surface area (Å²) in [4.78, 5) is 26.4. The van der Waals surface area contributed by atoms with Gasteiger partial charge in [-0.25, -0.2) is 4.99 Å². The standard InChI is InChI=1S/C22H25BrN4O3/c1-13(22(29)30-3)10-19-21(25-12-14(2)28)27-17-8-7-15(23)11-16(17)20(26-19)18-6-4-5-9-24-18/h4-9,11,13-14,19,28H,10,12H2,1-3H3,(H,25,27)/t13?,14?,19-/m0/s1. The number of esters is 1. The van der Waals surface area contributed by atoms with Crippen molar-refractivity contribution in [3.05, 3.63) is 58.3 Å². The second kappa shape index (κ2) is 9.95. The van der Waals surface area contributed by atoms with E-state index in [9.17, 15) is 9.90 Å². The van der Waals surface area contributed by atoms with Crippen LogP contribution in [-0.2, 0) is 9.53 Å². The summed E-state index contributed by atoms with van der Waals surface area (Å²) >= 11 is 3.53. The van der Waals surface area contributed by atoms with Gasteiger partial charge >= 0.3 is 5.97 Å². The molecule has 2 heterocycles. The number of hydrogen-bond donors (Lipinski definition) is 2. The molecule has 8 heteroatoms. The molecule has 7 nitrogen and oxygen atoms in total. The van der Waals surface area contributed by atoms with Crippen molar-refractivity contribution < 1.29 is 14.6 Å². The van der Waals surface area contributed by atoms with Gasteiger partial charge in [0.05, 0.1) is 36.2 Å². The molecule has 0 bridgehead atoms. The molecule has 2 unspecified atom stereocenters. The molecule has 0 radical (unpaired) electrons. The lowest BCUT2D eigenvalue weighted by atomic mass is 10.0. The van der Waals surface area contributed by atoms with E-state index in [1.165, 1.54) is 7.11 Å². The summed E-state index contributed by atoms with van der Waals surface area (Å²) in [7, 11) is 1.38. The van der Waals surface area contributed by atoms with E-state index in [0.29, 0.717) is 24.5 Å². The topological polar surface area (TPSA) is 96.2 Å². The quantitative estimate of drug-likeness (QED) is 0.628. The number of ether oxygens (including phenoxy) is 1. The number of aromatic nitrogens is 1. The maximum absolute atomic E-state index is 12.1. The first kappa shape index (κ1) is 22.1. The number of hydrogen-bond acceptors (Lipinski definition) is 7. The second-order valence-electron chi connectivity index (χ2n) is 7.26. The first-order chi connectivity index (χ1) is 14.4. The number of fused-ring (bicyclic) bond motifs is 1. The minimum absolute atomic E-state index is 0.302. The summed E-state index contributed by atoms with van der Waals surface area (Å²) in [5.41, 5.74) is 3.00. The molecule has 3 rings (SSSR count). The third kappa shape index (κ3) is 5.31. The van der Waals surface area contributed by atoms with Crippen LogP contribution in [0.4, 0.5) is 5.69 Å². The van der Waals surface area contributed by atoms with E-state index >= 15 is 0 Å². The lowest BCUT2D eigenvalue weighted by molar-refractivity contribution is -0.145. The fraction of sp³-hybridized carbons (Fsp3) is 0.364. The van der Waals surface area contributed by atoms with Gasteiger partial charge in [-0.2, -0.15) is 0 Å². The molecule has 0 fully saturated rings. The monoisotopic (exact) mass is 472 g/mol. The first-order valence-corrected chi connectivity index (χ1v) is 10.6. The number of halogens is 1. The average Bonchev–Trinajstić information content (AvgIpc) is 2.89. The number of carbonyl (C=O) groups excluding carboxylic acids is 1. The molecule has 2 aromatic rings. The van der Waals surface area contributed by atoms with Gasteiger partial charge in [-0.15, -0.1) is 0 Å². The van der Waals surface area contributed by atoms with Crippen molar-refractivity contribution in [1.29, 1.82) is 0 Å². The van der Waals surface area contributed by atoms with Crippen LogP contribution in [0, 0.1) is 5.92 Å². The number of aliphatic hydroxyl groups is 1. The smallest absolute Gasteiger partial charge is 0.308 e. The molecule has 0 aliphatic carbocycles. The van der Waals surface area contributed by atoms with Crippen molar-refractivity contribution >= 4 is 39.1 Å². The Morgan fingerprint density at radius 2 is 2.10 bits per heavy atom. The molecular weight excluding hydrogens is 448 g/mol. The molecule has 1 aromatic carbocycles. The van der Waals surface area contributed by atoms with E-state index in [1.54, 1.807) is 13.1 Å². The maximum atomic E-state index is 12.1. The van der Waals surface area contributed by atoms with Gasteiger partial charge in [0.15, 0.2) is 0 Å². The number of amidine groups is 1. The van der Waals surface area contributed by atoms with Crippen LogP contribution in [0.15, 0.2) is 57.1 Å². The molecule has 0 saturated carbocycles. The molecule has 0 saturated heterocycles. The van der Waals surface area contributed by atoms with Crippen molar-refractivity contribution in [2.24, 2.45) is 15.9 Å². The lowest BCUT2D eigenvalue weighted by Gasteiger charge is -2.20. The summed E-state index contributed by atoms with van der Waals surface area (Å²) in [6.07, 6.45) is 1.57. The molecule has 3 atom stereocenters. The Kier molecular flexibility index (Phi) is 7.33. The Labute approximate surface area is 184 Å². The SMILES string of the molecule is COC(=O)C(C)C[C@@H]1N=C(c2ccccn2)c2cc(Br)ccc2N=C1NCC(C)O. The number of benzene rings is 1. The molecular formula is C22H25BrN4O3.